The molecule has 1 saturated heterocycles. The van der Waals surface area contributed by atoms with E-state index in [1.165, 1.54) is 0 Å². The average Bonchev–Trinajstić information content (AvgIpc) is 2.71. The summed E-state index contributed by atoms with van der Waals surface area (Å²) in [5.41, 5.74) is 1.36. The Kier molecular flexibility index (Phi) is 3.11. The van der Waals surface area contributed by atoms with Crippen LogP contribution in [0.1, 0.15) is 12.0 Å². The number of benzene rings is 1. The predicted octanol–water partition coefficient (Wildman–Crippen LogP) is 3.14. The van der Waals surface area contributed by atoms with Crippen molar-refractivity contribution in [3.63, 3.8) is 0 Å². The third-order valence-corrected chi connectivity index (χ3v) is 2.91. The monoisotopic (exact) mass is 234 g/mol. The van der Waals surface area contributed by atoms with E-state index in [9.17, 15) is 4.79 Å². The summed E-state index contributed by atoms with van der Waals surface area (Å²) in [7, 11) is 0. The van der Waals surface area contributed by atoms with Crippen LogP contribution in [0, 0.1) is 0 Å². The van der Waals surface area contributed by atoms with Gasteiger partial charge >= 0.3 is 5.97 Å². The Hall–Kier alpha value is -1.54. The lowest BCUT2D eigenvalue weighted by Crippen LogP contribution is -2.01. The molecule has 1 atom stereocenters. The molecule has 0 spiro atoms. The summed E-state index contributed by atoms with van der Waals surface area (Å²) < 4.78 is 5.07. The molecule has 0 bridgehead atoms. The number of carbonyl (C=O) groups excluding carboxylic acids is 1. The number of halogens is 1. The summed E-state index contributed by atoms with van der Waals surface area (Å²) in [5.74, 6) is -0.348. The molecule has 0 aliphatic carbocycles. The van der Waals surface area contributed by atoms with Crippen molar-refractivity contribution in [3.8, 4) is 0 Å². The fraction of sp³-hybridized carbons (Fsp3) is 0.154. The minimum atomic E-state index is -0.348. The van der Waals surface area contributed by atoms with Gasteiger partial charge in [0.15, 0.2) is 0 Å². The van der Waals surface area contributed by atoms with Crippen LogP contribution in [-0.2, 0) is 9.53 Å². The smallest absolute Gasteiger partial charge is 0.336 e. The molecular weight excluding hydrogens is 224 g/mol. The minimum Gasteiger partial charge on any atom is -0.454 e. The van der Waals surface area contributed by atoms with E-state index in [0.29, 0.717) is 17.0 Å². The van der Waals surface area contributed by atoms with Gasteiger partial charge in [-0.15, -0.1) is 0 Å². The lowest BCUT2D eigenvalue weighted by molar-refractivity contribution is -0.137. The fourth-order valence-electron chi connectivity index (χ4n) is 1.60. The highest BCUT2D eigenvalue weighted by Gasteiger charge is 2.29. The van der Waals surface area contributed by atoms with E-state index in [-0.39, 0.29) is 12.1 Å². The molecule has 1 aromatic rings. The van der Waals surface area contributed by atoms with Gasteiger partial charge in [0.2, 0.25) is 0 Å². The van der Waals surface area contributed by atoms with E-state index in [2.05, 4.69) is 6.58 Å². The fourth-order valence-corrected chi connectivity index (χ4v) is 1.88. The van der Waals surface area contributed by atoms with E-state index in [4.69, 9.17) is 16.3 Å². The van der Waals surface area contributed by atoms with E-state index in [1.54, 1.807) is 6.08 Å². The van der Waals surface area contributed by atoms with Gasteiger partial charge in [-0.25, -0.2) is 4.79 Å². The second kappa shape index (κ2) is 4.54. The second-order valence-corrected chi connectivity index (χ2v) is 3.92. The van der Waals surface area contributed by atoms with Crippen LogP contribution >= 0.6 is 11.6 Å². The van der Waals surface area contributed by atoms with Crippen LogP contribution in [0.4, 0.5) is 0 Å². The molecule has 1 aliphatic heterocycles. The van der Waals surface area contributed by atoms with Gasteiger partial charge in [-0.05, 0) is 5.56 Å². The normalized spacial score (nSPS) is 22.8. The topological polar surface area (TPSA) is 26.3 Å². The van der Waals surface area contributed by atoms with Gasteiger partial charge in [0.25, 0.3) is 0 Å². The maximum atomic E-state index is 11.5. The first-order valence-corrected chi connectivity index (χ1v) is 5.37. The van der Waals surface area contributed by atoms with Crippen LogP contribution < -0.4 is 0 Å². The molecular formula is C13H11ClO2. The summed E-state index contributed by atoms with van der Waals surface area (Å²) in [4.78, 5) is 11.5. The first kappa shape index (κ1) is 11.0. The molecule has 0 aromatic heterocycles. The Morgan fingerprint density at radius 1 is 1.44 bits per heavy atom. The summed E-state index contributed by atoms with van der Waals surface area (Å²) in [5, 5.41) is 0.468. The van der Waals surface area contributed by atoms with Crippen LogP contribution in [0.3, 0.4) is 0 Å². The lowest BCUT2D eigenvalue weighted by Gasteiger charge is -2.00. The quantitative estimate of drug-likeness (QED) is 0.447. The van der Waals surface area contributed by atoms with Gasteiger partial charge in [0.1, 0.15) is 6.10 Å². The maximum Gasteiger partial charge on any atom is 0.336 e. The van der Waals surface area contributed by atoms with Crippen LogP contribution in [0.25, 0.3) is 5.03 Å². The summed E-state index contributed by atoms with van der Waals surface area (Å²) in [6, 6.07) is 9.39. The molecule has 0 radical (unpaired) electrons. The molecule has 2 rings (SSSR count). The van der Waals surface area contributed by atoms with Gasteiger partial charge in [-0.1, -0.05) is 54.6 Å². The van der Waals surface area contributed by atoms with Crippen LogP contribution in [0.15, 0.2) is 48.6 Å². The highest BCUT2D eigenvalue weighted by molar-refractivity contribution is 6.51. The third-order valence-electron chi connectivity index (χ3n) is 2.47. The Balaban J connectivity index is 2.36. The Morgan fingerprint density at radius 2 is 2.12 bits per heavy atom. The van der Waals surface area contributed by atoms with Crippen molar-refractivity contribution < 1.29 is 9.53 Å². The van der Waals surface area contributed by atoms with Gasteiger partial charge in [-0.2, -0.15) is 0 Å². The zero-order valence-electron chi connectivity index (χ0n) is 8.65. The van der Waals surface area contributed by atoms with E-state index >= 15 is 0 Å². The van der Waals surface area contributed by atoms with Crippen molar-refractivity contribution in [3.05, 3.63) is 54.1 Å². The van der Waals surface area contributed by atoms with Gasteiger partial charge in [0, 0.05) is 6.42 Å². The number of hydrogen-bond donors (Lipinski definition) is 0. The number of esters is 1. The third kappa shape index (κ3) is 2.02. The Bertz CT molecular complexity index is 448. The molecule has 2 nitrogen and oxygen atoms in total. The number of cyclic esters (lactones) is 1. The zero-order valence-corrected chi connectivity index (χ0v) is 9.41. The Morgan fingerprint density at radius 3 is 2.69 bits per heavy atom. The first-order valence-electron chi connectivity index (χ1n) is 5.00. The molecule has 1 aliphatic rings. The molecule has 16 heavy (non-hydrogen) atoms. The molecule has 1 unspecified atom stereocenters. The van der Waals surface area contributed by atoms with E-state index in [0.717, 1.165) is 5.56 Å². The highest BCUT2D eigenvalue weighted by Crippen LogP contribution is 2.31. The van der Waals surface area contributed by atoms with Crippen molar-refractivity contribution in [2.75, 3.05) is 0 Å². The molecule has 0 N–H and O–H groups in total. The molecule has 82 valence electrons. The van der Waals surface area contributed by atoms with Gasteiger partial charge in [0.05, 0.1) is 10.6 Å². The van der Waals surface area contributed by atoms with Crippen molar-refractivity contribution in [1.82, 2.24) is 0 Å². The summed E-state index contributed by atoms with van der Waals surface area (Å²) in [6.45, 7) is 3.60. The number of carbonyl (C=O) groups is 1. The van der Waals surface area contributed by atoms with Crippen molar-refractivity contribution in [2.45, 2.75) is 12.5 Å². The van der Waals surface area contributed by atoms with Gasteiger partial charge in [-0.3, -0.25) is 0 Å². The van der Waals surface area contributed by atoms with E-state index < -0.39 is 0 Å². The predicted molar refractivity (Wildman–Crippen MR) is 63.9 cm³/mol. The van der Waals surface area contributed by atoms with Crippen LogP contribution in [0.5, 0.6) is 0 Å². The average molecular weight is 235 g/mol. The molecule has 1 fully saturated rings. The standard InChI is InChI=1S/C13H11ClO2/c1-2-10-8-11(13(15)16-10)12(14)9-6-4-3-5-7-9/h2-7,10H,1,8H2/b12-11+. The van der Waals surface area contributed by atoms with Gasteiger partial charge < -0.3 is 4.74 Å². The lowest BCUT2D eigenvalue weighted by atomic mass is 10.1. The van der Waals surface area contributed by atoms with Crippen LogP contribution in [0.2, 0.25) is 0 Å². The molecule has 1 heterocycles. The molecule has 1 aromatic carbocycles. The second-order valence-electron chi connectivity index (χ2n) is 3.54. The number of ether oxygens (including phenoxy) is 1. The zero-order chi connectivity index (χ0) is 11.5. The number of rotatable bonds is 2. The van der Waals surface area contributed by atoms with Crippen LogP contribution in [-0.4, -0.2) is 12.1 Å². The van der Waals surface area contributed by atoms with E-state index in [1.807, 2.05) is 30.3 Å². The van der Waals surface area contributed by atoms with Crippen molar-refractivity contribution in [1.29, 1.82) is 0 Å². The Labute approximate surface area is 99.2 Å². The number of hydrogen-bond acceptors (Lipinski definition) is 2. The molecule has 0 saturated carbocycles. The molecule has 3 heteroatoms. The molecule has 0 amide bonds. The largest absolute Gasteiger partial charge is 0.454 e. The highest BCUT2D eigenvalue weighted by atomic mass is 35.5. The summed E-state index contributed by atoms with van der Waals surface area (Å²) >= 11 is 6.17. The minimum absolute atomic E-state index is 0.250. The van der Waals surface area contributed by atoms with Crippen molar-refractivity contribution in [2.24, 2.45) is 0 Å². The summed E-state index contributed by atoms with van der Waals surface area (Å²) in [6.07, 6.45) is 1.86. The maximum absolute atomic E-state index is 11.5. The van der Waals surface area contributed by atoms with Crippen molar-refractivity contribution >= 4 is 22.6 Å². The SMILES string of the molecule is C=CC1C/C(=C(\Cl)c2ccccc2)C(=O)O1. The first-order chi connectivity index (χ1) is 7.72.